The van der Waals surface area contributed by atoms with Gasteiger partial charge >= 0.3 is 0 Å². The molecule has 2 aromatic rings. The summed E-state index contributed by atoms with van der Waals surface area (Å²) in [4.78, 5) is 10.6. The standard InChI is InChI=1S/C22H32N4O3S/c1-23-22(24-8-7-18-6-5-13-30-18)26-11-9-25(10-12-26)16-17-14-19(27-2)21(29-4)20(15-17)28-3/h5-6,13-15H,7-12,16H2,1-4H3,(H,23,24). The van der Waals surface area contributed by atoms with Crippen molar-refractivity contribution in [1.82, 2.24) is 15.1 Å². The molecule has 3 rings (SSSR count). The van der Waals surface area contributed by atoms with Crippen LogP contribution >= 0.6 is 11.3 Å². The fourth-order valence-corrected chi connectivity index (χ4v) is 4.40. The van der Waals surface area contributed by atoms with Gasteiger partial charge in [-0.1, -0.05) is 6.07 Å². The number of aliphatic imine (C=N–C) groups is 1. The molecule has 0 atom stereocenters. The second-order valence-electron chi connectivity index (χ2n) is 7.10. The van der Waals surface area contributed by atoms with Gasteiger partial charge in [0.05, 0.1) is 21.3 Å². The topological polar surface area (TPSA) is 58.6 Å². The Hall–Kier alpha value is -2.45. The molecule has 1 aromatic carbocycles. The molecule has 0 bridgehead atoms. The molecule has 30 heavy (non-hydrogen) atoms. The summed E-state index contributed by atoms with van der Waals surface area (Å²) in [7, 11) is 6.78. The minimum Gasteiger partial charge on any atom is -0.493 e. The van der Waals surface area contributed by atoms with E-state index in [1.54, 1.807) is 32.7 Å². The SMILES string of the molecule is CN=C(NCCc1cccs1)N1CCN(Cc2cc(OC)c(OC)c(OC)c2)CC1. The van der Waals surface area contributed by atoms with Crippen LogP contribution in [0.1, 0.15) is 10.4 Å². The number of guanidine groups is 1. The Morgan fingerprint density at radius 2 is 1.77 bits per heavy atom. The molecule has 8 heteroatoms. The molecule has 7 nitrogen and oxygen atoms in total. The van der Waals surface area contributed by atoms with Crippen molar-refractivity contribution in [3.63, 3.8) is 0 Å². The zero-order valence-corrected chi connectivity index (χ0v) is 19.1. The van der Waals surface area contributed by atoms with Gasteiger partial charge in [0.1, 0.15) is 0 Å². The summed E-state index contributed by atoms with van der Waals surface area (Å²) in [5.41, 5.74) is 1.15. The van der Waals surface area contributed by atoms with Crippen LogP contribution in [0.3, 0.4) is 0 Å². The van der Waals surface area contributed by atoms with E-state index in [1.165, 1.54) is 4.88 Å². The minimum absolute atomic E-state index is 0.631. The monoisotopic (exact) mass is 432 g/mol. The molecule has 1 aliphatic heterocycles. The molecule has 1 aromatic heterocycles. The van der Waals surface area contributed by atoms with Crippen molar-refractivity contribution < 1.29 is 14.2 Å². The fraction of sp³-hybridized carbons (Fsp3) is 0.500. The van der Waals surface area contributed by atoms with Crippen LogP contribution in [0.25, 0.3) is 0 Å². The van der Waals surface area contributed by atoms with E-state index in [2.05, 4.69) is 37.6 Å². The van der Waals surface area contributed by atoms with Gasteiger partial charge in [-0.2, -0.15) is 0 Å². The average Bonchev–Trinajstić information content (AvgIpc) is 3.30. The number of hydrogen-bond acceptors (Lipinski definition) is 6. The zero-order chi connectivity index (χ0) is 21.3. The lowest BCUT2D eigenvalue weighted by molar-refractivity contribution is 0.172. The Balaban J connectivity index is 1.52. The lowest BCUT2D eigenvalue weighted by Gasteiger charge is -2.36. The number of methoxy groups -OCH3 is 3. The summed E-state index contributed by atoms with van der Waals surface area (Å²) in [6.07, 6.45) is 1.03. The molecular formula is C22H32N4O3S. The number of nitrogens with zero attached hydrogens (tertiary/aromatic N) is 3. The van der Waals surface area contributed by atoms with Crippen LogP contribution in [0.4, 0.5) is 0 Å². The normalized spacial score (nSPS) is 15.2. The highest BCUT2D eigenvalue weighted by Crippen LogP contribution is 2.38. The summed E-state index contributed by atoms with van der Waals surface area (Å²) in [5, 5.41) is 5.62. The van der Waals surface area contributed by atoms with Crippen LogP contribution in [0.2, 0.25) is 0 Å². The molecule has 0 unspecified atom stereocenters. The molecule has 0 aliphatic carbocycles. The number of rotatable bonds is 8. The molecule has 0 radical (unpaired) electrons. The average molecular weight is 433 g/mol. The van der Waals surface area contributed by atoms with Gasteiger partial charge in [0, 0.05) is 51.2 Å². The Kier molecular flexibility index (Phi) is 8.21. The third kappa shape index (κ3) is 5.58. The molecule has 164 valence electrons. The maximum absolute atomic E-state index is 5.48. The van der Waals surface area contributed by atoms with Crippen LogP contribution in [-0.2, 0) is 13.0 Å². The Labute approximate surface area is 183 Å². The predicted octanol–water partition coefficient (Wildman–Crippen LogP) is 2.71. The maximum atomic E-state index is 5.48. The summed E-state index contributed by atoms with van der Waals surface area (Å²) >= 11 is 1.80. The van der Waals surface area contributed by atoms with E-state index in [0.29, 0.717) is 17.2 Å². The fourth-order valence-electron chi connectivity index (χ4n) is 3.69. The first-order chi connectivity index (χ1) is 14.7. The van der Waals surface area contributed by atoms with E-state index in [-0.39, 0.29) is 0 Å². The first-order valence-electron chi connectivity index (χ1n) is 10.2. The predicted molar refractivity (Wildman–Crippen MR) is 122 cm³/mol. The zero-order valence-electron chi connectivity index (χ0n) is 18.3. The van der Waals surface area contributed by atoms with Crippen molar-refractivity contribution in [2.75, 3.05) is 61.1 Å². The molecule has 0 spiro atoms. The molecule has 1 aliphatic rings. The van der Waals surface area contributed by atoms with Gasteiger partial charge in [0.25, 0.3) is 0 Å². The molecular weight excluding hydrogens is 400 g/mol. The van der Waals surface area contributed by atoms with E-state index in [4.69, 9.17) is 14.2 Å². The Morgan fingerprint density at radius 3 is 2.30 bits per heavy atom. The van der Waals surface area contributed by atoms with Crippen LogP contribution in [0.15, 0.2) is 34.6 Å². The summed E-state index contributed by atoms with van der Waals surface area (Å²) in [6.45, 7) is 5.59. The minimum atomic E-state index is 0.631. The molecule has 1 saturated heterocycles. The third-order valence-electron chi connectivity index (χ3n) is 5.25. The number of hydrogen-bond donors (Lipinski definition) is 1. The van der Waals surface area contributed by atoms with Gasteiger partial charge in [0.2, 0.25) is 5.75 Å². The van der Waals surface area contributed by atoms with Crippen LogP contribution < -0.4 is 19.5 Å². The second-order valence-corrected chi connectivity index (χ2v) is 8.13. The first kappa shape index (κ1) is 22.2. The van der Waals surface area contributed by atoms with E-state index in [9.17, 15) is 0 Å². The van der Waals surface area contributed by atoms with E-state index in [0.717, 1.165) is 57.2 Å². The lowest BCUT2D eigenvalue weighted by Crippen LogP contribution is -2.52. The van der Waals surface area contributed by atoms with E-state index >= 15 is 0 Å². The van der Waals surface area contributed by atoms with Gasteiger partial charge in [-0.05, 0) is 35.6 Å². The van der Waals surface area contributed by atoms with Crippen LogP contribution in [-0.4, -0.2) is 76.9 Å². The van der Waals surface area contributed by atoms with Gasteiger partial charge in [-0.25, -0.2) is 0 Å². The van der Waals surface area contributed by atoms with E-state index < -0.39 is 0 Å². The number of ether oxygens (including phenoxy) is 3. The number of nitrogens with one attached hydrogen (secondary N) is 1. The highest BCUT2D eigenvalue weighted by Gasteiger charge is 2.21. The number of benzene rings is 1. The smallest absolute Gasteiger partial charge is 0.203 e. The highest BCUT2D eigenvalue weighted by molar-refractivity contribution is 7.09. The summed E-state index contributed by atoms with van der Waals surface area (Å²) < 4.78 is 16.4. The molecule has 0 saturated carbocycles. The second kappa shape index (κ2) is 11.1. The van der Waals surface area contributed by atoms with Crippen molar-refractivity contribution in [1.29, 1.82) is 0 Å². The van der Waals surface area contributed by atoms with Gasteiger partial charge in [-0.15, -0.1) is 11.3 Å². The third-order valence-corrected chi connectivity index (χ3v) is 6.19. The Bertz CT molecular complexity index is 793. The quantitative estimate of drug-likeness (QED) is 0.511. The van der Waals surface area contributed by atoms with Crippen molar-refractivity contribution >= 4 is 17.3 Å². The molecule has 1 fully saturated rings. The van der Waals surface area contributed by atoms with E-state index in [1.807, 2.05) is 19.2 Å². The Morgan fingerprint density at radius 1 is 1.07 bits per heavy atom. The highest BCUT2D eigenvalue weighted by atomic mass is 32.1. The number of piperazine rings is 1. The van der Waals surface area contributed by atoms with Crippen molar-refractivity contribution in [2.45, 2.75) is 13.0 Å². The largest absolute Gasteiger partial charge is 0.493 e. The summed E-state index contributed by atoms with van der Waals surface area (Å²) in [5.74, 6) is 3.01. The summed E-state index contributed by atoms with van der Waals surface area (Å²) in [6, 6.07) is 8.33. The van der Waals surface area contributed by atoms with Gasteiger partial charge < -0.3 is 24.4 Å². The molecule has 1 N–H and O–H groups in total. The van der Waals surface area contributed by atoms with Crippen LogP contribution in [0, 0.1) is 0 Å². The van der Waals surface area contributed by atoms with Gasteiger partial charge in [0.15, 0.2) is 17.5 Å². The maximum Gasteiger partial charge on any atom is 0.203 e. The molecule has 2 heterocycles. The number of thiophene rings is 1. The van der Waals surface area contributed by atoms with Gasteiger partial charge in [-0.3, -0.25) is 9.89 Å². The first-order valence-corrected chi connectivity index (χ1v) is 11.1. The van der Waals surface area contributed by atoms with Crippen LogP contribution in [0.5, 0.6) is 17.2 Å². The van der Waals surface area contributed by atoms with Crippen molar-refractivity contribution in [2.24, 2.45) is 4.99 Å². The van der Waals surface area contributed by atoms with Crippen molar-refractivity contribution in [3.8, 4) is 17.2 Å². The lowest BCUT2D eigenvalue weighted by atomic mass is 10.1. The van der Waals surface area contributed by atoms with Crippen molar-refractivity contribution in [3.05, 3.63) is 40.1 Å². The molecule has 0 amide bonds.